The maximum atomic E-state index is 13.6. The van der Waals surface area contributed by atoms with Crippen LogP contribution in [0.5, 0.6) is 11.5 Å². The van der Waals surface area contributed by atoms with Gasteiger partial charge in [-0.05, 0) is 42.3 Å². The Balaban J connectivity index is 1.60. The molecule has 2 atom stereocenters. The molecule has 2 aromatic carbocycles. The zero-order chi connectivity index (χ0) is 23.2. The Bertz CT molecular complexity index is 1240. The molecule has 8 nitrogen and oxygen atoms in total. The molecule has 33 heavy (non-hydrogen) atoms. The van der Waals surface area contributed by atoms with Gasteiger partial charge in [-0.3, -0.25) is 9.69 Å². The first-order chi connectivity index (χ1) is 15.8. The van der Waals surface area contributed by atoms with Crippen molar-refractivity contribution in [1.82, 2.24) is 14.9 Å². The van der Waals surface area contributed by atoms with Gasteiger partial charge in [0.15, 0.2) is 11.5 Å². The molecule has 1 aromatic heterocycles. The van der Waals surface area contributed by atoms with Crippen molar-refractivity contribution in [2.24, 2.45) is 10.7 Å². The highest BCUT2D eigenvalue weighted by atomic mass is 16.5. The van der Waals surface area contributed by atoms with Gasteiger partial charge in [-0.15, -0.1) is 0 Å². The summed E-state index contributed by atoms with van der Waals surface area (Å²) >= 11 is 0. The molecule has 168 valence electrons. The second kappa shape index (κ2) is 7.58. The van der Waals surface area contributed by atoms with Gasteiger partial charge in [0.1, 0.15) is 23.4 Å². The number of fused-ring (bicyclic) bond motifs is 2. The van der Waals surface area contributed by atoms with Crippen molar-refractivity contribution in [2.75, 3.05) is 14.2 Å². The van der Waals surface area contributed by atoms with E-state index >= 15 is 0 Å². The molecule has 1 spiro atoms. The summed E-state index contributed by atoms with van der Waals surface area (Å²) in [6.45, 7) is 2.01. The molecule has 2 aliphatic rings. The number of benzene rings is 2. The fourth-order valence-corrected chi connectivity index (χ4v) is 4.77. The first-order valence-electron chi connectivity index (χ1n) is 10.7. The zero-order valence-electron chi connectivity index (χ0n) is 18.8. The molecule has 2 aliphatic heterocycles. The summed E-state index contributed by atoms with van der Waals surface area (Å²) in [6, 6.07) is 13.6. The van der Waals surface area contributed by atoms with Crippen LogP contribution in [0.15, 0.2) is 66.2 Å². The van der Waals surface area contributed by atoms with E-state index in [0.29, 0.717) is 24.2 Å². The van der Waals surface area contributed by atoms with Gasteiger partial charge in [0.2, 0.25) is 0 Å². The minimum Gasteiger partial charge on any atom is -0.497 e. The van der Waals surface area contributed by atoms with E-state index in [4.69, 9.17) is 20.2 Å². The molecule has 1 unspecified atom stereocenters. The van der Waals surface area contributed by atoms with E-state index in [9.17, 15) is 4.79 Å². The second-order valence-electron chi connectivity index (χ2n) is 8.79. The lowest BCUT2D eigenvalue weighted by molar-refractivity contribution is -0.133. The molecule has 8 heteroatoms. The number of aliphatic imine (C=N–C) groups is 1. The second-order valence-corrected chi connectivity index (χ2v) is 8.79. The summed E-state index contributed by atoms with van der Waals surface area (Å²) in [4.78, 5) is 27.9. The van der Waals surface area contributed by atoms with Gasteiger partial charge in [0.05, 0.1) is 7.11 Å². The molecule has 0 saturated carbocycles. The van der Waals surface area contributed by atoms with Crippen molar-refractivity contribution in [3.05, 3.63) is 72.3 Å². The van der Waals surface area contributed by atoms with E-state index in [2.05, 4.69) is 9.97 Å². The van der Waals surface area contributed by atoms with Crippen LogP contribution in [0, 0.1) is 0 Å². The summed E-state index contributed by atoms with van der Waals surface area (Å²) in [5.74, 6) is 1.45. The molecule has 5 rings (SSSR count). The fraction of sp³-hybridized carbons (Fsp3) is 0.280. The van der Waals surface area contributed by atoms with E-state index in [1.807, 2.05) is 49.4 Å². The Kier molecular flexibility index (Phi) is 4.81. The number of hydrogen-bond acceptors (Lipinski definition) is 7. The minimum atomic E-state index is -1.15. The van der Waals surface area contributed by atoms with E-state index in [-0.39, 0.29) is 11.9 Å². The Morgan fingerprint density at radius 1 is 1.12 bits per heavy atom. The van der Waals surface area contributed by atoms with Gasteiger partial charge in [-0.25, -0.2) is 15.0 Å². The molecule has 0 radical (unpaired) electrons. The minimum absolute atomic E-state index is 0.160. The summed E-state index contributed by atoms with van der Waals surface area (Å²) < 4.78 is 11.8. The molecular formula is C25H25N5O3. The molecule has 2 N–H and O–H groups in total. The van der Waals surface area contributed by atoms with Gasteiger partial charge >= 0.3 is 0 Å². The number of guanidine groups is 1. The number of carbonyl (C=O) groups excluding carboxylic acids is 1. The van der Waals surface area contributed by atoms with Gasteiger partial charge < -0.3 is 15.2 Å². The number of carbonyl (C=O) groups is 1. The van der Waals surface area contributed by atoms with Crippen LogP contribution in [0.3, 0.4) is 0 Å². The van der Waals surface area contributed by atoms with Crippen LogP contribution in [0.4, 0.5) is 0 Å². The highest BCUT2D eigenvalue weighted by Gasteiger charge is 2.56. The van der Waals surface area contributed by atoms with E-state index in [1.54, 1.807) is 26.6 Å². The summed E-state index contributed by atoms with van der Waals surface area (Å²) in [6.07, 6.45) is 5.91. The van der Waals surface area contributed by atoms with Crippen molar-refractivity contribution < 1.29 is 14.3 Å². The lowest BCUT2D eigenvalue weighted by Gasteiger charge is -2.43. The number of amides is 1. The van der Waals surface area contributed by atoms with Crippen molar-refractivity contribution in [1.29, 1.82) is 0 Å². The average molecular weight is 444 g/mol. The summed E-state index contributed by atoms with van der Waals surface area (Å²) in [5.41, 5.74) is 7.81. The van der Waals surface area contributed by atoms with Gasteiger partial charge in [0, 0.05) is 43.4 Å². The number of aromatic nitrogens is 2. The maximum absolute atomic E-state index is 13.6. The normalized spacial score (nSPS) is 23.8. The zero-order valence-corrected chi connectivity index (χ0v) is 18.8. The predicted molar refractivity (Wildman–Crippen MR) is 124 cm³/mol. The Labute approximate surface area is 192 Å². The third-order valence-corrected chi connectivity index (χ3v) is 6.35. The number of methoxy groups -OCH3 is 1. The number of hydrogen-bond donors (Lipinski definition) is 1. The van der Waals surface area contributed by atoms with Crippen LogP contribution in [-0.2, 0) is 16.8 Å². The topological polar surface area (TPSA) is 103 Å². The number of rotatable bonds is 4. The Hall–Kier alpha value is -3.94. The maximum Gasteiger partial charge on any atom is 0.261 e. The largest absolute Gasteiger partial charge is 0.497 e. The Morgan fingerprint density at radius 3 is 2.48 bits per heavy atom. The molecule has 0 fully saturated rings. The van der Waals surface area contributed by atoms with E-state index in [0.717, 1.165) is 22.4 Å². The Morgan fingerprint density at radius 2 is 1.85 bits per heavy atom. The monoisotopic (exact) mass is 443 g/mol. The first-order valence-corrected chi connectivity index (χ1v) is 10.7. The average Bonchev–Trinajstić information content (AvgIpc) is 3.03. The quantitative estimate of drug-likeness (QED) is 0.665. The van der Waals surface area contributed by atoms with Crippen LogP contribution < -0.4 is 15.2 Å². The standard InChI is InChI=1S/C25H25N5O3/c1-24(11-16-4-7-19(32-3)8-5-16)14-25(22(31)30(2)23(26)29-25)20-10-17(6-9-21(20)33-24)18-12-27-15-28-13-18/h4-10,12-13,15H,11,14H2,1-3H3,(H2,26,29)/t24-,25?/m1/s1. The lowest BCUT2D eigenvalue weighted by atomic mass is 9.74. The van der Waals surface area contributed by atoms with Crippen molar-refractivity contribution >= 4 is 11.9 Å². The first kappa shape index (κ1) is 20.9. The summed E-state index contributed by atoms with van der Waals surface area (Å²) in [7, 11) is 3.29. The molecule has 0 bridgehead atoms. The van der Waals surface area contributed by atoms with Gasteiger partial charge in [0.25, 0.3) is 5.91 Å². The van der Waals surface area contributed by atoms with Crippen molar-refractivity contribution in [3.63, 3.8) is 0 Å². The van der Waals surface area contributed by atoms with Crippen molar-refractivity contribution in [2.45, 2.75) is 30.9 Å². The molecule has 3 aromatic rings. The molecule has 0 aliphatic carbocycles. The lowest BCUT2D eigenvalue weighted by Crippen LogP contribution is -2.51. The van der Waals surface area contributed by atoms with Crippen LogP contribution >= 0.6 is 0 Å². The smallest absolute Gasteiger partial charge is 0.261 e. The number of nitrogens with zero attached hydrogens (tertiary/aromatic N) is 4. The molecular weight excluding hydrogens is 418 g/mol. The number of nitrogens with two attached hydrogens (primary N) is 1. The fourth-order valence-electron chi connectivity index (χ4n) is 4.77. The van der Waals surface area contributed by atoms with E-state index in [1.165, 1.54) is 11.2 Å². The van der Waals surface area contributed by atoms with Crippen LogP contribution in [-0.4, -0.2) is 46.5 Å². The molecule has 1 amide bonds. The third kappa shape index (κ3) is 3.47. The number of ether oxygens (including phenoxy) is 2. The third-order valence-electron chi connectivity index (χ3n) is 6.35. The molecule has 3 heterocycles. The molecule has 0 saturated heterocycles. The van der Waals surface area contributed by atoms with Crippen LogP contribution in [0.25, 0.3) is 11.1 Å². The highest BCUT2D eigenvalue weighted by molar-refractivity contribution is 6.07. The van der Waals surface area contributed by atoms with E-state index < -0.39 is 11.1 Å². The summed E-state index contributed by atoms with van der Waals surface area (Å²) in [5, 5.41) is 0. The van der Waals surface area contributed by atoms with Crippen molar-refractivity contribution in [3.8, 4) is 22.6 Å². The van der Waals surface area contributed by atoms with Gasteiger partial charge in [-0.1, -0.05) is 18.2 Å². The number of likely N-dealkylation sites (N-methyl/N-ethyl adjacent to an activating group) is 1. The van der Waals surface area contributed by atoms with Crippen LogP contribution in [0.1, 0.15) is 24.5 Å². The highest BCUT2D eigenvalue weighted by Crippen LogP contribution is 2.50. The van der Waals surface area contributed by atoms with Crippen LogP contribution in [0.2, 0.25) is 0 Å². The van der Waals surface area contributed by atoms with Gasteiger partial charge in [-0.2, -0.15) is 0 Å². The predicted octanol–water partition coefficient (Wildman–Crippen LogP) is 2.92. The SMILES string of the molecule is COc1ccc(C[C@]2(C)CC3(N=C(N)N(C)C3=O)c3cc(-c4cncnc4)ccc3O2)cc1.